The standard InChI is InChI=1S/3CH4.N2/c;;;1-2/h3*1H4;. The van der Waals surface area contributed by atoms with Crippen molar-refractivity contribution in [2.75, 3.05) is 0 Å². The Morgan fingerprint density at radius 2 is 0.600 bits per heavy atom. The highest BCUT2D eigenvalue weighted by Gasteiger charge is 0.577. The Morgan fingerprint density at radius 3 is 0.600 bits per heavy atom. The summed E-state index contributed by atoms with van der Waals surface area (Å²) in [6, 6.07) is 0. The van der Waals surface area contributed by atoms with Crippen molar-refractivity contribution in [1.82, 2.24) is 0 Å². The average molecular weight is 76.1 g/mol. The molecule has 0 rings (SSSR count). The molecule has 0 aliphatic carbocycles. The Hall–Kier alpha value is -0.580. The lowest BCUT2D eigenvalue weighted by Crippen LogP contribution is -0.562. The van der Waals surface area contributed by atoms with Crippen LogP contribution in [0.4, 0.5) is 0 Å². The zero-order valence-electron chi connectivity index (χ0n) is 0.894. The van der Waals surface area contributed by atoms with E-state index in [1.807, 2.05) is 0 Å². The minimum atomic E-state index is 0. The minimum absolute atomic E-state index is 0. The van der Waals surface area contributed by atoms with Gasteiger partial charge in [-0.3, -0.25) is 0 Å². The van der Waals surface area contributed by atoms with E-state index in [2.05, 4.69) is 0 Å². The molecule has 0 radical (unpaired) electrons. The van der Waals surface area contributed by atoms with E-state index < -0.39 is 0 Å². The number of nitrogens with zero attached hydrogens (tertiary/aromatic N) is 2. The molecule has 0 heterocycles. The van der Waals surface area contributed by atoms with Crippen LogP contribution in [-0.4, -0.2) is 0 Å². The first-order valence-electron chi connectivity index (χ1n) is 0.200. The second kappa shape index (κ2) is 59.5. The van der Waals surface area contributed by atoms with Gasteiger partial charge in [0.25, 0.3) is 0 Å². The van der Waals surface area contributed by atoms with Crippen LogP contribution in [0.3, 0.4) is 0 Å². The molecule has 0 atom stereocenters. The maximum Gasteiger partial charge on any atom is 0 e. The van der Waals surface area contributed by atoms with Crippen LogP contribution in [0.15, 0.2) is 0 Å². The zero-order chi connectivity index (χ0) is 2.00. The van der Waals surface area contributed by atoms with Crippen molar-refractivity contribution in [2.24, 2.45) is 0 Å². The smallest absolute Gasteiger partial charge is 0 e. The molecule has 34 valence electrons. The van der Waals surface area contributed by atoms with Gasteiger partial charge in [0, 0.05) is 10.8 Å². The van der Waals surface area contributed by atoms with Crippen LogP contribution in [0, 0.1) is 10.8 Å². The van der Waals surface area contributed by atoms with Gasteiger partial charge in [-0.1, -0.05) is 22.3 Å². The molecule has 0 bridgehead atoms. The van der Waals surface area contributed by atoms with Crippen molar-refractivity contribution >= 4 is 0 Å². The van der Waals surface area contributed by atoms with Gasteiger partial charge >= 0.3 is 0 Å². The third kappa shape index (κ3) is 20.5. The maximum atomic E-state index is 6.00. The first-order valence-corrected chi connectivity index (χ1v) is 0.200. The first kappa shape index (κ1) is 293. The van der Waals surface area contributed by atoms with Gasteiger partial charge in [0.05, 0.1) is 0 Å². The maximum absolute atomic E-state index is 6.00. The summed E-state index contributed by atoms with van der Waals surface area (Å²) in [5.41, 5.74) is 0. The Labute approximate surface area is 34.2 Å². The third-order valence-electron chi connectivity index (χ3n) is 0. The summed E-state index contributed by atoms with van der Waals surface area (Å²) in [7, 11) is 0. The normalized spacial score (nSPS) is 0.400. The van der Waals surface area contributed by atoms with Gasteiger partial charge < -0.3 is 0 Å². The predicted molar refractivity (Wildman–Crippen MR) is 23.6 cm³/mol. The molecule has 0 aromatic rings. The molecule has 0 fully saturated rings. The number of rotatable bonds is 0. The molecular weight excluding hydrogens is 64.0 g/mol. The summed E-state index contributed by atoms with van der Waals surface area (Å²) in [5, 5.41) is 12.0. The van der Waals surface area contributed by atoms with Crippen LogP contribution in [0.5, 0.6) is 0 Å². The monoisotopic (exact) mass is 76.1 g/mol. The van der Waals surface area contributed by atoms with Gasteiger partial charge in [-0.15, -0.1) is 0 Å². The second-order valence-corrected chi connectivity index (χ2v) is 0. The van der Waals surface area contributed by atoms with E-state index in [-0.39, 0.29) is 22.3 Å². The van der Waals surface area contributed by atoms with Crippen molar-refractivity contribution in [1.29, 1.82) is 10.8 Å². The summed E-state index contributed by atoms with van der Waals surface area (Å²) < 4.78 is 0. The highest BCUT2D eigenvalue weighted by atomic mass is 14.6. The Morgan fingerprint density at radius 1 is 0.600 bits per heavy atom. The summed E-state index contributed by atoms with van der Waals surface area (Å²) in [6.07, 6.45) is 0. The SMILES string of the molecule is C.C.C.N#N. The van der Waals surface area contributed by atoms with Crippen LogP contribution in [-0.2, 0) is 0 Å². The molecule has 0 saturated heterocycles. The first-order chi connectivity index (χ1) is 1.00. The predicted octanol–water partition coefficient (Wildman–Crippen LogP) is 1.94. The topological polar surface area (TPSA) is 47.6 Å². The van der Waals surface area contributed by atoms with Crippen LogP contribution in [0.2, 0.25) is 0 Å². The van der Waals surface area contributed by atoms with E-state index >= 15 is 0 Å². The lowest BCUT2D eigenvalue weighted by atomic mass is 12.0. The lowest BCUT2D eigenvalue weighted by molar-refractivity contribution is 1.15. The van der Waals surface area contributed by atoms with E-state index in [0.717, 1.165) is 0 Å². The van der Waals surface area contributed by atoms with Crippen molar-refractivity contribution in [3.8, 4) is 0 Å². The Balaban J connectivity index is -0.00000000167. The van der Waals surface area contributed by atoms with E-state index in [4.69, 9.17) is 10.8 Å². The fourth-order valence-electron chi connectivity index (χ4n) is 0. The molecule has 0 aromatic heterocycles. The summed E-state index contributed by atoms with van der Waals surface area (Å²) >= 11 is 0. The highest BCUT2D eigenvalue weighted by Crippen LogP contribution is 0.592. The van der Waals surface area contributed by atoms with Crippen LogP contribution in [0.25, 0.3) is 0 Å². The molecule has 5 heavy (non-hydrogen) atoms. The Bertz CT molecular complexity index is 9.61. The van der Waals surface area contributed by atoms with Crippen LogP contribution in [0.1, 0.15) is 22.3 Å². The quantitative estimate of drug-likeness (QED) is 0.414. The largest absolute Gasteiger partial charge is 0.0776 e. The van der Waals surface area contributed by atoms with E-state index in [9.17, 15) is 0 Å². The van der Waals surface area contributed by atoms with Gasteiger partial charge in [-0.2, -0.15) is 0 Å². The average Bonchev–Trinajstić information content (AvgIpc) is 1.00. The van der Waals surface area contributed by atoms with Gasteiger partial charge in [-0.05, 0) is 0 Å². The fraction of sp³-hybridized carbons (Fsp3) is 1.00. The summed E-state index contributed by atoms with van der Waals surface area (Å²) in [4.78, 5) is 0. The second-order valence-electron chi connectivity index (χ2n) is 0. The van der Waals surface area contributed by atoms with Crippen molar-refractivity contribution in [3.63, 3.8) is 0 Å². The van der Waals surface area contributed by atoms with Gasteiger partial charge in [0.15, 0.2) is 0 Å². The molecule has 0 N–H and O–H groups in total. The number of hydrogen-bond acceptors (Lipinski definition) is 2. The number of hydrogen-bond donors (Lipinski definition) is 0. The molecule has 0 saturated carbocycles. The molecule has 0 spiro atoms. The third-order valence-corrected chi connectivity index (χ3v) is 0. The van der Waals surface area contributed by atoms with E-state index in [0.29, 0.717) is 0 Å². The van der Waals surface area contributed by atoms with Crippen molar-refractivity contribution in [2.45, 2.75) is 22.3 Å². The van der Waals surface area contributed by atoms with Gasteiger partial charge in [0.1, 0.15) is 0 Å². The van der Waals surface area contributed by atoms with Crippen LogP contribution >= 0.6 is 0 Å². The van der Waals surface area contributed by atoms with Crippen molar-refractivity contribution < 1.29 is 0 Å². The molecule has 0 aliphatic heterocycles. The van der Waals surface area contributed by atoms with Crippen molar-refractivity contribution in [3.05, 3.63) is 0 Å². The highest BCUT2D eigenvalue weighted by molar-refractivity contribution is 2.51. The zero-order valence-corrected chi connectivity index (χ0v) is 0.894. The minimum Gasteiger partial charge on any atom is -0.0776 e. The molecule has 0 unspecified atom stereocenters. The molecule has 0 aromatic carbocycles. The Kier molecular flexibility index (Phi) is 3490. The van der Waals surface area contributed by atoms with Crippen LogP contribution < -0.4 is 0 Å². The summed E-state index contributed by atoms with van der Waals surface area (Å²) in [6.45, 7) is 0. The van der Waals surface area contributed by atoms with Gasteiger partial charge in [-0.25, -0.2) is 0 Å². The van der Waals surface area contributed by atoms with Gasteiger partial charge in [0.2, 0.25) is 0 Å². The molecule has 2 heteroatoms. The van der Waals surface area contributed by atoms with E-state index in [1.54, 1.807) is 0 Å². The summed E-state index contributed by atoms with van der Waals surface area (Å²) in [5.74, 6) is 0. The molecule has 0 aliphatic rings. The molecular formula is C3H12N2. The molecule has 0 amide bonds. The van der Waals surface area contributed by atoms with E-state index in [1.165, 1.54) is 0 Å². The fourth-order valence-corrected chi connectivity index (χ4v) is 0. The lowest BCUT2D eigenvalue weighted by Gasteiger charge is -0.577. The molecule has 2 nitrogen and oxygen atoms in total.